The molecule has 2 aliphatic rings. The zero-order chi connectivity index (χ0) is 20.4. The quantitative estimate of drug-likeness (QED) is 0.773. The van der Waals surface area contributed by atoms with Gasteiger partial charge in [-0.05, 0) is 61.6 Å². The summed E-state index contributed by atoms with van der Waals surface area (Å²) in [6.45, 7) is 7.27. The third kappa shape index (κ3) is 4.65. The molecule has 1 N–H and O–H groups in total. The second-order valence-corrected chi connectivity index (χ2v) is 9.20. The molecule has 2 aromatic rings. The molecule has 0 radical (unpaired) electrons. The first-order valence-corrected chi connectivity index (χ1v) is 11.1. The fourth-order valence-electron chi connectivity index (χ4n) is 4.46. The first-order valence-electron chi connectivity index (χ1n) is 11.1. The summed E-state index contributed by atoms with van der Waals surface area (Å²) in [6.07, 6.45) is 11.2. The SMILES string of the molecule is CC(C)c1ncc(-c2ccncc2)c(C2CCC(CNC(=O)C3CC3C)CC2)n1. The zero-order valence-corrected chi connectivity index (χ0v) is 17.8. The highest BCUT2D eigenvalue weighted by molar-refractivity contribution is 5.81. The summed E-state index contributed by atoms with van der Waals surface area (Å²) >= 11 is 0. The molecule has 2 saturated carbocycles. The molecule has 5 nitrogen and oxygen atoms in total. The molecule has 2 fully saturated rings. The van der Waals surface area contributed by atoms with Crippen LogP contribution in [0.2, 0.25) is 0 Å². The van der Waals surface area contributed by atoms with Gasteiger partial charge in [-0.15, -0.1) is 0 Å². The minimum absolute atomic E-state index is 0.261. The lowest BCUT2D eigenvalue weighted by atomic mass is 9.79. The summed E-state index contributed by atoms with van der Waals surface area (Å²) < 4.78 is 0. The van der Waals surface area contributed by atoms with Crippen LogP contribution in [0.25, 0.3) is 11.1 Å². The molecule has 2 heterocycles. The van der Waals surface area contributed by atoms with Gasteiger partial charge in [0.25, 0.3) is 0 Å². The van der Waals surface area contributed by atoms with Gasteiger partial charge in [0, 0.05) is 48.5 Å². The molecule has 0 saturated heterocycles. The van der Waals surface area contributed by atoms with E-state index in [0.29, 0.717) is 23.7 Å². The van der Waals surface area contributed by atoms with Gasteiger partial charge < -0.3 is 5.32 Å². The van der Waals surface area contributed by atoms with Crippen LogP contribution in [0.3, 0.4) is 0 Å². The fourth-order valence-corrected chi connectivity index (χ4v) is 4.46. The van der Waals surface area contributed by atoms with Crippen LogP contribution in [-0.2, 0) is 4.79 Å². The monoisotopic (exact) mass is 392 g/mol. The normalized spacial score (nSPS) is 26.3. The van der Waals surface area contributed by atoms with E-state index in [4.69, 9.17) is 4.98 Å². The molecule has 154 valence electrons. The van der Waals surface area contributed by atoms with Crippen molar-refractivity contribution in [2.45, 2.75) is 64.7 Å². The highest BCUT2D eigenvalue weighted by Gasteiger charge is 2.39. The second-order valence-electron chi connectivity index (χ2n) is 9.20. The standard InChI is InChI=1S/C24H32N4O/c1-15(2)23-26-14-21(18-8-10-25-11-9-18)22(28-23)19-6-4-17(5-7-19)13-27-24(29)20-12-16(20)3/h8-11,14-17,19-20H,4-7,12-13H2,1-3H3,(H,27,29). The van der Waals surface area contributed by atoms with E-state index in [1.807, 2.05) is 30.7 Å². The third-order valence-electron chi connectivity index (χ3n) is 6.59. The summed E-state index contributed by atoms with van der Waals surface area (Å²) in [5.74, 6) is 3.38. The van der Waals surface area contributed by atoms with Crippen molar-refractivity contribution in [1.82, 2.24) is 20.3 Å². The van der Waals surface area contributed by atoms with E-state index in [2.05, 4.69) is 36.1 Å². The Hall–Kier alpha value is -2.30. The van der Waals surface area contributed by atoms with Crippen molar-refractivity contribution in [2.24, 2.45) is 17.8 Å². The van der Waals surface area contributed by atoms with Gasteiger partial charge in [-0.2, -0.15) is 0 Å². The van der Waals surface area contributed by atoms with Crippen LogP contribution in [0, 0.1) is 17.8 Å². The molecule has 29 heavy (non-hydrogen) atoms. The number of rotatable bonds is 6. The minimum atomic E-state index is 0.261. The lowest BCUT2D eigenvalue weighted by Crippen LogP contribution is -2.32. The number of nitrogens with one attached hydrogen (secondary N) is 1. The van der Waals surface area contributed by atoms with Crippen LogP contribution >= 0.6 is 0 Å². The van der Waals surface area contributed by atoms with Crippen LogP contribution in [-0.4, -0.2) is 27.4 Å². The van der Waals surface area contributed by atoms with E-state index < -0.39 is 0 Å². The van der Waals surface area contributed by atoms with Gasteiger partial charge in [0.2, 0.25) is 5.91 Å². The molecule has 0 bridgehead atoms. The summed E-state index contributed by atoms with van der Waals surface area (Å²) in [4.78, 5) is 25.9. The van der Waals surface area contributed by atoms with Crippen molar-refractivity contribution in [3.05, 3.63) is 42.2 Å². The molecule has 0 spiro atoms. The Balaban J connectivity index is 1.44. The molecule has 4 rings (SSSR count). The predicted octanol–water partition coefficient (Wildman–Crippen LogP) is 4.71. The summed E-state index contributed by atoms with van der Waals surface area (Å²) in [5.41, 5.74) is 3.46. The van der Waals surface area contributed by atoms with Gasteiger partial charge in [0.15, 0.2) is 0 Å². The third-order valence-corrected chi connectivity index (χ3v) is 6.59. The van der Waals surface area contributed by atoms with E-state index in [0.717, 1.165) is 55.6 Å². The average Bonchev–Trinajstić information content (AvgIpc) is 3.49. The molecular formula is C24H32N4O. The Morgan fingerprint density at radius 3 is 2.48 bits per heavy atom. The van der Waals surface area contributed by atoms with Gasteiger partial charge in [-0.25, -0.2) is 9.97 Å². The van der Waals surface area contributed by atoms with Gasteiger partial charge >= 0.3 is 0 Å². The van der Waals surface area contributed by atoms with E-state index in [1.54, 1.807) is 0 Å². The first kappa shape index (κ1) is 20.0. The van der Waals surface area contributed by atoms with Crippen molar-refractivity contribution in [3.8, 4) is 11.1 Å². The van der Waals surface area contributed by atoms with E-state index in [1.165, 1.54) is 5.69 Å². The van der Waals surface area contributed by atoms with Crippen LogP contribution in [0.4, 0.5) is 0 Å². The lowest BCUT2D eigenvalue weighted by molar-refractivity contribution is -0.122. The maximum absolute atomic E-state index is 12.1. The van der Waals surface area contributed by atoms with Gasteiger partial charge in [0.1, 0.15) is 5.82 Å². The van der Waals surface area contributed by atoms with Gasteiger partial charge in [0.05, 0.1) is 5.69 Å². The molecule has 1 amide bonds. The van der Waals surface area contributed by atoms with Crippen LogP contribution in [0.15, 0.2) is 30.7 Å². The minimum Gasteiger partial charge on any atom is -0.356 e. The Bertz CT molecular complexity index is 843. The zero-order valence-electron chi connectivity index (χ0n) is 17.8. The highest BCUT2D eigenvalue weighted by atomic mass is 16.2. The topological polar surface area (TPSA) is 67.8 Å². The molecule has 2 atom stereocenters. The molecule has 0 aromatic carbocycles. The number of hydrogen-bond acceptors (Lipinski definition) is 4. The molecule has 2 aromatic heterocycles. The van der Waals surface area contributed by atoms with Gasteiger partial charge in [-0.1, -0.05) is 20.8 Å². The highest BCUT2D eigenvalue weighted by Crippen LogP contribution is 2.40. The Morgan fingerprint density at radius 2 is 1.86 bits per heavy atom. The Morgan fingerprint density at radius 1 is 1.17 bits per heavy atom. The maximum atomic E-state index is 12.1. The average molecular weight is 393 g/mol. The molecule has 5 heteroatoms. The predicted molar refractivity (Wildman–Crippen MR) is 114 cm³/mol. The van der Waals surface area contributed by atoms with Crippen LogP contribution in [0.5, 0.6) is 0 Å². The van der Waals surface area contributed by atoms with Crippen LogP contribution < -0.4 is 5.32 Å². The number of pyridine rings is 1. The van der Waals surface area contributed by atoms with E-state index >= 15 is 0 Å². The summed E-state index contributed by atoms with van der Waals surface area (Å²) in [5, 5.41) is 3.19. The molecule has 2 aliphatic carbocycles. The second kappa shape index (κ2) is 8.60. The van der Waals surface area contributed by atoms with Crippen molar-refractivity contribution < 1.29 is 4.79 Å². The summed E-state index contributed by atoms with van der Waals surface area (Å²) in [6, 6.07) is 4.08. The van der Waals surface area contributed by atoms with Crippen molar-refractivity contribution in [1.29, 1.82) is 0 Å². The Labute approximate surface area is 173 Å². The first-order chi connectivity index (χ1) is 14.0. The van der Waals surface area contributed by atoms with E-state index in [-0.39, 0.29) is 11.8 Å². The largest absolute Gasteiger partial charge is 0.356 e. The number of carbonyl (C=O) groups excluding carboxylic acids is 1. The lowest BCUT2D eigenvalue weighted by Gasteiger charge is -2.29. The number of hydrogen-bond donors (Lipinski definition) is 1. The smallest absolute Gasteiger partial charge is 0.223 e. The number of nitrogens with zero attached hydrogens (tertiary/aromatic N) is 3. The van der Waals surface area contributed by atoms with Gasteiger partial charge in [-0.3, -0.25) is 9.78 Å². The number of aromatic nitrogens is 3. The molecular weight excluding hydrogens is 360 g/mol. The summed E-state index contributed by atoms with van der Waals surface area (Å²) in [7, 11) is 0. The van der Waals surface area contributed by atoms with Crippen molar-refractivity contribution in [3.63, 3.8) is 0 Å². The van der Waals surface area contributed by atoms with Crippen molar-refractivity contribution in [2.75, 3.05) is 6.54 Å². The van der Waals surface area contributed by atoms with E-state index in [9.17, 15) is 4.79 Å². The number of amides is 1. The fraction of sp³-hybridized carbons (Fsp3) is 0.583. The van der Waals surface area contributed by atoms with Crippen LogP contribution in [0.1, 0.15) is 76.2 Å². The number of carbonyl (C=O) groups is 1. The molecule has 0 aliphatic heterocycles. The van der Waals surface area contributed by atoms with Crippen molar-refractivity contribution >= 4 is 5.91 Å². The Kier molecular flexibility index (Phi) is 5.93. The molecule has 2 unspecified atom stereocenters. The maximum Gasteiger partial charge on any atom is 0.223 e.